The van der Waals surface area contributed by atoms with Gasteiger partial charge in [0.1, 0.15) is 0 Å². The number of nitrogens with zero attached hydrogens (tertiary/aromatic N) is 1. The molecule has 1 aliphatic carbocycles. The van der Waals surface area contributed by atoms with E-state index in [9.17, 15) is 18.0 Å². The minimum absolute atomic E-state index is 0.00778. The van der Waals surface area contributed by atoms with Gasteiger partial charge in [-0.25, -0.2) is 0 Å². The molecule has 1 aliphatic rings. The molecule has 1 fully saturated rings. The molecule has 2 aromatic carbocycles. The summed E-state index contributed by atoms with van der Waals surface area (Å²) in [7, 11) is 3.93. The maximum Gasteiger partial charge on any atom is 0.416 e. The summed E-state index contributed by atoms with van der Waals surface area (Å²) >= 11 is 0. The Morgan fingerprint density at radius 2 is 1.69 bits per heavy atom. The van der Waals surface area contributed by atoms with Gasteiger partial charge in [0.2, 0.25) is 5.91 Å². The molecule has 0 saturated heterocycles. The number of hydrogen-bond donors (Lipinski definition) is 1. The highest BCUT2D eigenvalue weighted by molar-refractivity contribution is 5.82. The highest BCUT2D eigenvalue weighted by atomic mass is 19.4. The molecule has 0 aliphatic heterocycles. The van der Waals surface area contributed by atoms with Gasteiger partial charge in [0, 0.05) is 32.2 Å². The van der Waals surface area contributed by atoms with E-state index in [1.165, 1.54) is 12.1 Å². The Morgan fingerprint density at radius 1 is 1.08 bits per heavy atom. The average molecular weight is 362 g/mol. The van der Waals surface area contributed by atoms with Crippen molar-refractivity contribution in [2.75, 3.05) is 19.0 Å². The fourth-order valence-electron chi connectivity index (χ4n) is 3.00. The van der Waals surface area contributed by atoms with Gasteiger partial charge in [0.15, 0.2) is 0 Å². The van der Waals surface area contributed by atoms with Gasteiger partial charge < -0.3 is 10.2 Å². The molecule has 0 radical (unpaired) electrons. The number of anilines is 1. The van der Waals surface area contributed by atoms with Gasteiger partial charge in [0.25, 0.3) is 0 Å². The number of carbonyl (C=O) groups is 1. The minimum atomic E-state index is -4.33. The molecule has 3 rings (SSSR count). The maximum atomic E-state index is 12.6. The van der Waals surface area contributed by atoms with E-state index >= 15 is 0 Å². The van der Waals surface area contributed by atoms with Crippen molar-refractivity contribution in [1.29, 1.82) is 0 Å². The van der Waals surface area contributed by atoms with Crippen molar-refractivity contribution < 1.29 is 18.0 Å². The Bertz CT molecular complexity index is 767. The van der Waals surface area contributed by atoms with Crippen molar-refractivity contribution in [3.63, 3.8) is 0 Å². The van der Waals surface area contributed by atoms with Crippen LogP contribution in [0.1, 0.15) is 29.0 Å². The van der Waals surface area contributed by atoms with Crippen LogP contribution in [0.2, 0.25) is 0 Å². The first kappa shape index (κ1) is 18.3. The van der Waals surface area contributed by atoms with Crippen LogP contribution in [-0.4, -0.2) is 20.0 Å². The molecule has 1 N–H and O–H groups in total. The summed E-state index contributed by atoms with van der Waals surface area (Å²) in [6.45, 7) is 0.447. The number of benzene rings is 2. The Kier molecular flexibility index (Phi) is 4.94. The molecule has 2 atom stereocenters. The molecule has 1 amide bonds. The largest absolute Gasteiger partial charge is 0.416 e. The molecule has 0 aromatic heterocycles. The van der Waals surface area contributed by atoms with Crippen LogP contribution in [0.15, 0.2) is 48.5 Å². The van der Waals surface area contributed by atoms with E-state index < -0.39 is 11.7 Å². The average Bonchev–Trinajstić information content (AvgIpc) is 3.40. The molecule has 138 valence electrons. The number of hydrogen-bond acceptors (Lipinski definition) is 2. The lowest BCUT2D eigenvalue weighted by Crippen LogP contribution is -2.24. The van der Waals surface area contributed by atoms with Crippen LogP contribution in [0, 0.1) is 5.92 Å². The van der Waals surface area contributed by atoms with Gasteiger partial charge in [-0.2, -0.15) is 13.2 Å². The molecule has 2 unspecified atom stereocenters. The van der Waals surface area contributed by atoms with Gasteiger partial charge in [-0.3, -0.25) is 4.79 Å². The predicted octanol–water partition coefficient (Wildman–Crippen LogP) is 4.19. The van der Waals surface area contributed by atoms with Crippen molar-refractivity contribution in [1.82, 2.24) is 5.32 Å². The first-order chi connectivity index (χ1) is 12.3. The Balaban J connectivity index is 1.52. The molecule has 3 nitrogen and oxygen atoms in total. The number of nitrogens with one attached hydrogen (secondary N) is 1. The number of halogens is 3. The van der Waals surface area contributed by atoms with Crippen molar-refractivity contribution >= 4 is 11.6 Å². The van der Waals surface area contributed by atoms with Gasteiger partial charge in [-0.1, -0.05) is 24.3 Å². The van der Waals surface area contributed by atoms with Gasteiger partial charge in [-0.05, 0) is 47.7 Å². The quantitative estimate of drug-likeness (QED) is 0.865. The molecule has 6 heteroatoms. The second kappa shape index (κ2) is 7.02. The van der Waals surface area contributed by atoms with Gasteiger partial charge >= 0.3 is 6.18 Å². The molecular weight excluding hydrogens is 341 g/mol. The highest BCUT2D eigenvalue weighted by Gasteiger charge is 2.44. The minimum Gasteiger partial charge on any atom is -0.378 e. The number of rotatable bonds is 5. The summed E-state index contributed by atoms with van der Waals surface area (Å²) in [5, 5.41) is 2.91. The Morgan fingerprint density at radius 3 is 2.23 bits per heavy atom. The summed E-state index contributed by atoms with van der Waals surface area (Å²) in [5.74, 6) is -0.201. The molecule has 26 heavy (non-hydrogen) atoms. The van der Waals surface area contributed by atoms with Crippen molar-refractivity contribution in [3.8, 4) is 0 Å². The molecule has 0 bridgehead atoms. The second-order valence-corrected chi connectivity index (χ2v) is 6.85. The SMILES string of the molecule is CN(C)c1ccc(CNC(=O)C2CC2c2ccc(C(F)(F)F)cc2)cc1. The lowest BCUT2D eigenvalue weighted by atomic mass is 10.1. The van der Waals surface area contributed by atoms with E-state index in [0.717, 1.165) is 28.9 Å². The third kappa shape index (κ3) is 4.18. The van der Waals surface area contributed by atoms with E-state index in [1.807, 2.05) is 43.3 Å². The zero-order chi connectivity index (χ0) is 18.9. The molecule has 0 heterocycles. The fraction of sp³-hybridized carbons (Fsp3) is 0.350. The summed E-state index contributed by atoms with van der Waals surface area (Å²) in [5.41, 5.74) is 2.22. The lowest BCUT2D eigenvalue weighted by Gasteiger charge is -2.13. The zero-order valence-electron chi connectivity index (χ0n) is 14.7. The van der Waals surface area contributed by atoms with Crippen LogP contribution in [0.25, 0.3) is 0 Å². The standard InChI is InChI=1S/C20H21F3N2O/c1-25(2)16-9-3-13(4-10-16)12-24-19(26)18-11-17(18)14-5-7-15(8-6-14)20(21,22)23/h3-10,17-18H,11-12H2,1-2H3,(H,24,26). The van der Waals surface area contributed by atoms with Crippen LogP contribution in [0.4, 0.5) is 18.9 Å². The Labute approximate surface area is 150 Å². The summed E-state index contributed by atoms with van der Waals surface area (Å²) in [4.78, 5) is 14.3. The highest BCUT2D eigenvalue weighted by Crippen LogP contribution is 2.48. The normalized spacial score (nSPS) is 19.1. The van der Waals surface area contributed by atoms with Crippen molar-refractivity contribution in [2.45, 2.75) is 25.1 Å². The monoisotopic (exact) mass is 362 g/mol. The van der Waals surface area contributed by atoms with Crippen molar-refractivity contribution in [2.24, 2.45) is 5.92 Å². The van der Waals surface area contributed by atoms with Crippen LogP contribution >= 0.6 is 0 Å². The van der Waals surface area contributed by atoms with Crippen LogP contribution in [0.5, 0.6) is 0 Å². The van der Waals surface area contributed by atoms with Crippen LogP contribution in [-0.2, 0) is 17.5 Å². The first-order valence-corrected chi connectivity index (χ1v) is 8.47. The second-order valence-electron chi connectivity index (χ2n) is 6.85. The predicted molar refractivity (Wildman–Crippen MR) is 94.9 cm³/mol. The third-order valence-electron chi connectivity index (χ3n) is 4.71. The van der Waals surface area contributed by atoms with E-state index in [2.05, 4.69) is 5.32 Å². The number of alkyl halides is 3. The molecular formula is C20H21F3N2O. The molecule has 1 saturated carbocycles. The van der Waals surface area contributed by atoms with Crippen LogP contribution < -0.4 is 10.2 Å². The first-order valence-electron chi connectivity index (χ1n) is 8.47. The topological polar surface area (TPSA) is 32.3 Å². The van der Waals surface area contributed by atoms with Crippen LogP contribution in [0.3, 0.4) is 0 Å². The third-order valence-corrected chi connectivity index (χ3v) is 4.71. The van der Waals surface area contributed by atoms with Gasteiger partial charge in [-0.15, -0.1) is 0 Å². The van der Waals surface area contributed by atoms with E-state index in [0.29, 0.717) is 13.0 Å². The smallest absolute Gasteiger partial charge is 0.378 e. The molecule has 2 aromatic rings. The number of carbonyl (C=O) groups excluding carboxylic acids is 1. The fourth-order valence-corrected chi connectivity index (χ4v) is 3.00. The Hall–Kier alpha value is -2.50. The van der Waals surface area contributed by atoms with E-state index in [4.69, 9.17) is 0 Å². The van der Waals surface area contributed by atoms with Crippen molar-refractivity contribution in [3.05, 3.63) is 65.2 Å². The zero-order valence-corrected chi connectivity index (χ0v) is 14.7. The summed E-state index contributed by atoms with van der Waals surface area (Å²) < 4.78 is 37.8. The summed E-state index contributed by atoms with van der Waals surface area (Å²) in [6.07, 6.45) is -3.66. The van der Waals surface area contributed by atoms with Gasteiger partial charge in [0.05, 0.1) is 5.56 Å². The lowest BCUT2D eigenvalue weighted by molar-refractivity contribution is -0.137. The summed E-state index contributed by atoms with van der Waals surface area (Å²) in [6, 6.07) is 13.0. The maximum absolute atomic E-state index is 12.6. The number of amides is 1. The molecule has 0 spiro atoms. The van der Waals surface area contributed by atoms with E-state index in [1.54, 1.807) is 0 Å². The van der Waals surface area contributed by atoms with E-state index in [-0.39, 0.29) is 17.7 Å².